The van der Waals surface area contributed by atoms with E-state index >= 15 is 0 Å². The summed E-state index contributed by atoms with van der Waals surface area (Å²) in [5, 5.41) is 3.71. The molecule has 0 fully saturated rings. The lowest BCUT2D eigenvalue weighted by molar-refractivity contribution is 0.0955. The van der Waals surface area contributed by atoms with E-state index in [1.165, 1.54) is 0 Å². The molecule has 0 aliphatic carbocycles. The smallest absolute Gasteiger partial charge is 0.252 e. The normalized spacial score (nSPS) is 13.9. The van der Waals surface area contributed by atoms with Crippen LogP contribution in [0.15, 0.2) is 30.3 Å². The van der Waals surface area contributed by atoms with Gasteiger partial charge in [-0.3, -0.25) is 9.00 Å². The zero-order valence-corrected chi connectivity index (χ0v) is 12.8. The van der Waals surface area contributed by atoms with Gasteiger partial charge in [0.25, 0.3) is 5.91 Å². The van der Waals surface area contributed by atoms with Gasteiger partial charge in [-0.15, -0.1) is 0 Å². The van der Waals surface area contributed by atoms with Gasteiger partial charge >= 0.3 is 0 Å². The van der Waals surface area contributed by atoms with Crippen LogP contribution >= 0.6 is 11.6 Å². The highest BCUT2D eigenvalue weighted by Gasteiger charge is 2.14. The highest BCUT2D eigenvalue weighted by Crippen LogP contribution is 2.20. The Balaban J connectivity index is 2.28. The molecule has 2 unspecified atom stereocenters. The lowest BCUT2D eigenvalue weighted by atomic mass is 10.1. The van der Waals surface area contributed by atoms with Crippen molar-refractivity contribution in [2.75, 3.05) is 12.8 Å². The molecule has 0 aliphatic heterocycles. The second-order valence-corrected chi connectivity index (χ2v) is 6.72. The Morgan fingerprint density at radius 2 is 2.15 bits per heavy atom. The summed E-state index contributed by atoms with van der Waals surface area (Å²) in [6.07, 6.45) is 1.62. The highest BCUT2D eigenvalue weighted by atomic mass is 35.5. The molecule has 0 saturated heterocycles. The Labute approximate surface area is 125 Å². The van der Waals surface area contributed by atoms with Crippen molar-refractivity contribution in [3.8, 4) is 0 Å². The summed E-state index contributed by atoms with van der Waals surface area (Å²) < 4.78 is 11.3. The predicted octanol–water partition coefficient (Wildman–Crippen LogP) is 2.39. The predicted molar refractivity (Wildman–Crippen MR) is 82.6 cm³/mol. The van der Waals surface area contributed by atoms with Crippen molar-refractivity contribution < 1.29 is 9.00 Å². The van der Waals surface area contributed by atoms with Gasteiger partial charge in [-0.1, -0.05) is 29.8 Å². The number of rotatable bonds is 4. The zero-order valence-electron chi connectivity index (χ0n) is 11.2. The molecule has 0 spiro atoms. The third-order valence-corrected chi connectivity index (χ3v) is 4.54. The van der Waals surface area contributed by atoms with Gasteiger partial charge in [0.05, 0.1) is 11.1 Å². The number of nitrogens with one attached hydrogen (secondary N) is 1. The number of pyridine rings is 1. The lowest BCUT2D eigenvalue weighted by Gasteiger charge is -2.11. The van der Waals surface area contributed by atoms with Gasteiger partial charge in [-0.25, -0.2) is 4.98 Å². The van der Waals surface area contributed by atoms with Crippen molar-refractivity contribution in [2.45, 2.75) is 12.2 Å². The van der Waals surface area contributed by atoms with Crippen LogP contribution in [0.2, 0.25) is 5.15 Å². The SMILES string of the molecule is CC(CNC(=O)c1cc(Cl)nc2ccccc12)S(C)=O. The van der Waals surface area contributed by atoms with Crippen LogP contribution in [0.5, 0.6) is 0 Å². The van der Waals surface area contributed by atoms with E-state index in [-0.39, 0.29) is 16.3 Å². The molecule has 106 valence electrons. The number of carbonyl (C=O) groups is 1. The number of hydrogen-bond donors (Lipinski definition) is 1. The van der Waals surface area contributed by atoms with E-state index in [0.717, 1.165) is 5.39 Å². The number of nitrogens with zero attached hydrogens (tertiary/aromatic N) is 1. The highest BCUT2D eigenvalue weighted by molar-refractivity contribution is 7.84. The first-order chi connectivity index (χ1) is 9.49. The first-order valence-corrected chi connectivity index (χ1v) is 8.14. The molecule has 1 aromatic carbocycles. The van der Waals surface area contributed by atoms with E-state index in [2.05, 4.69) is 10.3 Å². The molecule has 0 bridgehead atoms. The zero-order chi connectivity index (χ0) is 14.7. The maximum absolute atomic E-state index is 12.2. The van der Waals surface area contributed by atoms with Crippen LogP contribution in [0.3, 0.4) is 0 Å². The van der Waals surface area contributed by atoms with Crippen LogP contribution in [0.1, 0.15) is 17.3 Å². The molecule has 1 aromatic heterocycles. The van der Waals surface area contributed by atoms with Gasteiger partial charge < -0.3 is 5.32 Å². The fraction of sp³-hybridized carbons (Fsp3) is 0.286. The van der Waals surface area contributed by atoms with Crippen molar-refractivity contribution in [1.29, 1.82) is 0 Å². The second kappa shape index (κ2) is 6.33. The van der Waals surface area contributed by atoms with Gasteiger partial charge in [0, 0.05) is 34.2 Å². The van der Waals surface area contributed by atoms with Crippen LogP contribution in [0.4, 0.5) is 0 Å². The summed E-state index contributed by atoms with van der Waals surface area (Å²) in [5.41, 5.74) is 1.16. The molecule has 6 heteroatoms. The molecule has 2 aromatic rings. The van der Waals surface area contributed by atoms with Crippen LogP contribution in [0.25, 0.3) is 10.9 Å². The molecule has 0 saturated carbocycles. The molecule has 2 rings (SSSR count). The van der Waals surface area contributed by atoms with Gasteiger partial charge in [-0.2, -0.15) is 0 Å². The molecular weight excluding hydrogens is 296 g/mol. The number of fused-ring (bicyclic) bond motifs is 1. The van der Waals surface area contributed by atoms with E-state index in [1.54, 1.807) is 12.3 Å². The topological polar surface area (TPSA) is 59.1 Å². The average molecular weight is 311 g/mol. The lowest BCUT2D eigenvalue weighted by Crippen LogP contribution is -2.32. The van der Waals surface area contributed by atoms with Gasteiger partial charge in [0.1, 0.15) is 5.15 Å². The molecule has 1 heterocycles. The Kier molecular flexibility index (Phi) is 4.73. The molecule has 0 aliphatic rings. The first-order valence-electron chi connectivity index (χ1n) is 6.14. The fourth-order valence-corrected chi connectivity index (χ4v) is 2.30. The maximum Gasteiger partial charge on any atom is 0.252 e. The first kappa shape index (κ1) is 14.9. The number of para-hydroxylation sites is 1. The molecule has 20 heavy (non-hydrogen) atoms. The van der Waals surface area contributed by atoms with E-state index in [9.17, 15) is 9.00 Å². The van der Waals surface area contributed by atoms with E-state index in [1.807, 2.05) is 31.2 Å². The molecule has 2 atom stereocenters. The largest absolute Gasteiger partial charge is 0.351 e. The summed E-state index contributed by atoms with van der Waals surface area (Å²) in [4.78, 5) is 16.4. The molecule has 1 amide bonds. The minimum Gasteiger partial charge on any atom is -0.351 e. The minimum atomic E-state index is -0.968. The quantitative estimate of drug-likeness (QED) is 0.882. The minimum absolute atomic E-state index is 0.0949. The van der Waals surface area contributed by atoms with Gasteiger partial charge in [-0.05, 0) is 19.1 Å². The van der Waals surface area contributed by atoms with E-state index < -0.39 is 10.8 Å². The van der Waals surface area contributed by atoms with Crippen LogP contribution in [-0.4, -0.2) is 33.2 Å². The number of benzene rings is 1. The number of aromatic nitrogens is 1. The average Bonchev–Trinajstić information content (AvgIpc) is 2.43. The fourth-order valence-electron chi connectivity index (χ4n) is 1.78. The van der Waals surface area contributed by atoms with Crippen LogP contribution in [0, 0.1) is 0 Å². The van der Waals surface area contributed by atoms with Gasteiger partial charge in [0.15, 0.2) is 0 Å². The number of hydrogen-bond acceptors (Lipinski definition) is 3. The summed E-state index contributed by atoms with van der Waals surface area (Å²) in [6, 6.07) is 8.87. The molecule has 1 N–H and O–H groups in total. The number of amides is 1. The third kappa shape index (κ3) is 3.35. The second-order valence-electron chi connectivity index (χ2n) is 4.53. The Bertz CT molecular complexity index is 675. The van der Waals surface area contributed by atoms with Gasteiger partial charge in [0.2, 0.25) is 0 Å². The van der Waals surface area contributed by atoms with Crippen molar-refractivity contribution in [1.82, 2.24) is 10.3 Å². The van der Waals surface area contributed by atoms with Crippen molar-refractivity contribution in [3.63, 3.8) is 0 Å². The molecular formula is C14H15ClN2O2S. The Morgan fingerprint density at radius 3 is 2.85 bits per heavy atom. The van der Waals surface area contributed by atoms with Crippen LogP contribution < -0.4 is 5.32 Å². The van der Waals surface area contributed by atoms with Crippen molar-refractivity contribution >= 4 is 39.2 Å². The van der Waals surface area contributed by atoms with Crippen molar-refractivity contribution in [3.05, 3.63) is 41.0 Å². The molecule has 0 radical (unpaired) electrons. The maximum atomic E-state index is 12.2. The number of halogens is 1. The standard InChI is InChI=1S/C14H15ClN2O2S/c1-9(20(2)19)8-16-14(18)11-7-13(15)17-12-6-4-3-5-10(11)12/h3-7,9H,8H2,1-2H3,(H,16,18). The van der Waals surface area contributed by atoms with E-state index in [0.29, 0.717) is 17.6 Å². The Morgan fingerprint density at radius 1 is 1.45 bits per heavy atom. The van der Waals surface area contributed by atoms with E-state index in [4.69, 9.17) is 11.6 Å². The summed E-state index contributed by atoms with van der Waals surface area (Å²) in [6.45, 7) is 2.18. The van der Waals surface area contributed by atoms with Crippen molar-refractivity contribution in [2.24, 2.45) is 0 Å². The number of carbonyl (C=O) groups excluding carboxylic acids is 1. The summed E-state index contributed by atoms with van der Waals surface area (Å²) in [7, 11) is -0.968. The van der Waals surface area contributed by atoms with Crippen LogP contribution in [-0.2, 0) is 10.8 Å². The monoisotopic (exact) mass is 310 g/mol. The third-order valence-electron chi connectivity index (χ3n) is 3.05. The summed E-state index contributed by atoms with van der Waals surface area (Å²) in [5.74, 6) is -0.234. The summed E-state index contributed by atoms with van der Waals surface area (Å²) >= 11 is 5.94. The Hall–Kier alpha value is -1.46. The molecule has 4 nitrogen and oxygen atoms in total.